The van der Waals surface area contributed by atoms with E-state index in [1.807, 2.05) is 19.2 Å². The van der Waals surface area contributed by atoms with Crippen molar-refractivity contribution in [3.63, 3.8) is 0 Å². The lowest BCUT2D eigenvalue weighted by Crippen LogP contribution is -2.18. The molecule has 0 saturated carbocycles. The molecular weight excluding hydrogens is 346 g/mol. The van der Waals surface area contributed by atoms with E-state index in [-0.39, 0.29) is 6.04 Å². The summed E-state index contributed by atoms with van der Waals surface area (Å²) in [5.74, 6) is 0.657. The topological polar surface area (TPSA) is 12.0 Å². The molecule has 1 N–H and O–H groups in total. The second-order valence-electron chi connectivity index (χ2n) is 5.73. The van der Waals surface area contributed by atoms with E-state index in [1.165, 1.54) is 11.1 Å². The van der Waals surface area contributed by atoms with Crippen molar-refractivity contribution in [1.82, 2.24) is 5.32 Å². The van der Waals surface area contributed by atoms with Gasteiger partial charge in [0.1, 0.15) is 0 Å². The van der Waals surface area contributed by atoms with Crippen LogP contribution in [0.2, 0.25) is 5.02 Å². The van der Waals surface area contributed by atoms with Crippen molar-refractivity contribution in [2.45, 2.75) is 26.3 Å². The van der Waals surface area contributed by atoms with Gasteiger partial charge in [-0.05, 0) is 48.2 Å². The predicted molar refractivity (Wildman–Crippen MR) is 95.0 cm³/mol. The van der Waals surface area contributed by atoms with Gasteiger partial charge in [0.15, 0.2) is 0 Å². The quantitative estimate of drug-likeness (QED) is 0.725. The molecule has 0 aromatic heterocycles. The molecule has 0 aliphatic carbocycles. The minimum absolute atomic E-state index is 0.109. The van der Waals surface area contributed by atoms with Gasteiger partial charge in [-0.25, -0.2) is 0 Å². The number of halogens is 2. The maximum Gasteiger partial charge on any atom is 0.0589 e. The fourth-order valence-electron chi connectivity index (χ4n) is 2.61. The third-order valence-corrected chi connectivity index (χ3v) is 4.31. The standard InChI is InChI=1S/C18H21BrClN/c1-12(2)9-13-5-4-6-14(10-13)18(21-3)16-8-7-15(19)11-17(16)20/h4-8,10-12,18,21H,9H2,1-3H3. The molecule has 1 nitrogen and oxygen atoms in total. The summed E-state index contributed by atoms with van der Waals surface area (Å²) in [6.07, 6.45) is 1.10. The molecule has 2 aromatic rings. The number of rotatable bonds is 5. The maximum absolute atomic E-state index is 6.41. The first-order chi connectivity index (χ1) is 10.0. The molecule has 0 aliphatic rings. The van der Waals surface area contributed by atoms with Crippen molar-refractivity contribution < 1.29 is 0 Å². The molecular formula is C18H21BrClN. The third-order valence-electron chi connectivity index (χ3n) is 3.49. The molecule has 3 heteroatoms. The van der Waals surface area contributed by atoms with Crippen LogP contribution < -0.4 is 5.32 Å². The lowest BCUT2D eigenvalue weighted by atomic mass is 9.94. The average Bonchev–Trinajstić information content (AvgIpc) is 2.41. The molecule has 2 rings (SSSR count). The Labute approximate surface area is 140 Å². The first-order valence-electron chi connectivity index (χ1n) is 7.22. The summed E-state index contributed by atoms with van der Waals surface area (Å²) in [5.41, 5.74) is 3.72. The van der Waals surface area contributed by atoms with Crippen LogP contribution in [0.25, 0.3) is 0 Å². The summed E-state index contributed by atoms with van der Waals surface area (Å²) < 4.78 is 1.000. The van der Waals surface area contributed by atoms with Crippen LogP contribution in [-0.4, -0.2) is 7.05 Å². The zero-order chi connectivity index (χ0) is 15.4. The molecule has 0 aliphatic heterocycles. The monoisotopic (exact) mass is 365 g/mol. The second kappa shape index (κ2) is 7.44. The Morgan fingerprint density at radius 2 is 1.90 bits per heavy atom. The second-order valence-corrected chi connectivity index (χ2v) is 7.05. The lowest BCUT2D eigenvalue weighted by Gasteiger charge is -2.20. The fraction of sp³-hybridized carbons (Fsp3) is 0.333. The predicted octanol–water partition coefficient (Wildman–Crippen LogP) is 5.61. The van der Waals surface area contributed by atoms with Crippen molar-refractivity contribution in [2.24, 2.45) is 5.92 Å². The highest BCUT2D eigenvalue weighted by atomic mass is 79.9. The van der Waals surface area contributed by atoms with Crippen molar-refractivity contribution in [2.75, 3.05) is 7.05 Å². The molecule has 1 atom stereocenters. The largest absolute Gasteiger partial charge is 0.309 e. The Kier molecular flexibility index (Phi) is 5.86. The molecule has 0 saturated heterocycles. The van der Waals surface area contributed by atoms with E-state index in [2.05, 4.69) is 65.4 Å². The SMILES string of the molecule is CNC(c1cccc(CC(C)C)c1)c1ccc(Br)cc1Cl. The number of nitrogens with one attached hydrogen (secondary N) is 1. The summed E-state index contributed by atoms with van der Waals surface area (Å²) in [6.45, 7) is 4.49. The van der Waals surface area contributed by atoms with Crippen molar-refractivity contribution in [3.8, 4) is 0 Å². The van der Waals surface area contributed by atoms with Crippen LogP contribution in [0.4, 0.5) is 0 Å². The molecule has 0 bridgehead atoms. The van der Waals surface area contributed by atoms with Crippen LogP contribution in [0.15, 0.2) is 46.9 Å². The van der Waals surface area contributed by atoms with Crippen LogP contribution in [0, 0.1) is 5.92 Å². The highest BCUT2D eigenvalue weighted by molar-refractivity contribution is 9.10. The number of hydrogen-bond donors (Lipinski definition) is 1. The Hall–Kier alpha value is -0.830. The Morgan fingerprint density at radius 3 is 2.52 bits per heavy atom. The first kappa shape index (κ1) is 16.5. The van der Waals surface area contributed by atoms with Gasteiger partial charge in [0.2, 0.25) is 0 Å². The van der Waals surface area contributed by atoms with Crippen LogP contribution in [-0.2, 0) is 6.42 Å². The van der Waals surface area contributed by atoms with Crippen LogP contribution in [0.3, 0.4) is 0 Å². The molecule has 21 heavy (non-hydrogen) atoms. The van der Waals surface area contributed by atoms with Gasteiger partial charge >= 0.3 is 0 Å². The normalized spacial score (nSPS) is 12.7. The Balaban J connectivity index is 2.37. The molecule has 0 amide bonds. The minimum Gasteiger partial charge on any atom is -0.309 e. The van der Waals surface area contributed by atoms with Gasteiger partial charge in [-0.2, -0.15) is 0 Å². The van der Waals surface area contributed by atoms with Crippen LogP contribution in [0.5, 0.6) is 0 Å². The molecule has 0 spiro atoms. The van der Waals surface area contributed by atoms with Gasteiger partial charge in [0.25, 0.3) is 0 Å². The summed E-state index contributed by atoms with van der Waals surface area (Å²) >= 11 is 9.86. The van der Waals surface area contributed by atoms with Gasteiger partial charge < -0.3 is 5.32 Å². The van der Waals surface area contributed by atoms with Crippen molar-refractivity contribution >= 4 is 27.5 Å². The Morgan fingerprint density at radius 1 is 1.14 bits per heavy atom. The van der Waals surface area contributed by atoms with Gasteiger partial charge in [-0.3, -0.25) is 0 Å². The molecule has 0 radical (unpaired) electrons. The smallest absolute Gasteiger partial charge is 0.0589 e. The molecule has 112 valence electrons. The van der Waals surface area contributed by atoms with Crippen LogP contribution in [0.1, 0.15) is 36.6 Å². The lowest BCUT2D eigenvalue weighted by molar-refractivity contribution is 0.643. The fourth-order valence-corrected chi connectivity index (χ4v) is 3.39. The van der Waals surface area contributed by atoms with Crippen molar-refractivity contribution in [3.05, 3.63) is 68.7 Å². The van der Waals surface area contributed by atoms with E-state index in [1.54, 1.807) is 0 Å². The van der Waals surface area contributed by atoms with Gasteiger partial charge in [0.05, 0.1) is 6.04 Å². The summed E-state index contributed by atoms with van der Waals surface area (Å²) in [6, 6.07) is 14.9. The summed E-state index contributed by atoms with van der Waals surface area (Å²) in [7, 11) is 1.97. The van der Waals surface area contributed by atoms with E-state index in [9.17, 15) is 0 Å². The van der Waals surface area contributed by atoms with E-state index >= 15 is 0 Å². The van der Waals surface area contributed by atoms with E-state index in [0.717, 1.165) is 21.5 Å². The number of benzene rings is 2. The number of hydrogen-bond acceptors (Lipinski definition) is 1. The molecule has 0 fully saturated rings. The molecule has 0 heterocycles. The Bertz CT molecular complexity index is 610. The van der Waals surface area contributed by atoms with Crippen LogP contribution >= 0.6 is 27.5 Å². The van der Waals surface area contributed by atoms with E-state index < -0.39 is 0 Å². The van der Waals surface area contributed by atoms with Crippen molar-refractivity contribution in [1.29, 1.82) is 0 Å². The zero-order valence-corrected chi connectivity index (χ0v) is 15.0. The van der Waals surface area contributed by atoms with E-state index in [0.29, 0.717) is 5.92 Å². The highest BCUT2D eigenvalue weighted by Crippen LogP contribution is 2.31. The third kappa shape index (κ3) is 4.32. The van der Waals surface area contributed by atoms with Gasteiger partial charge in [0, 0.05) is 9.50 Å². The zero-order valence-electron chi connectivity index (χ0n) is 12.7. The average molecular weight is 367 g/mol. The summed E-state index contributed by atoms with van der Waals surface area (Å²) in [4.78, 5) is 0. The highest BCUT2D eigenvalue weighted by Gasteiger charge is 2.15. The van der Waals surface area contributed by atoms with Gasteiger partial charge in [-0.15, -0.1) is 0 Å². The minimum atomic E-state index is 0.109. The van der Waals surface area contributed by atoms with Gasteiger partial charge in [-0.1, -0.05) is 71.7 Å². The molecule has 2 aromatic carbocycles. The maximum atomic E-state index is 6.41. The first-order valence-corrected chi connectivity index (χ1v) is 8.39. The molecule has 1 unspecified atom stereocenters. The van der Waals surface area contributed by atoms with E-state index in [4.69, 9.17) is 11.6 Å². The summed E-state index contributed by atoms with van der Waals surface area (Å²) in [5, 5.41) is 4.15.